The summed E-state index contributed by atoms with van der Waals surface area (Å²) < 4.78 is 1.86. The van der Waals surface area contributed by atoms with E-state index in [1.807, 2.05) is 72.4 Å². The minimum absolute atomic E-state index is 0.602. The minimum Gasteiger partial charge on any atom is -0.256 e. The van der Waals surface area contributed by atoms with Crippen LogP contribution in [-0.4, -0.2) is 14.8 Å². The highest BCUT2D eigenvalue weighted by molar-refractivity contribution is 5.99. The smallest absolute Gasteiger partial charge is 0.101 e. The Hall–Kier alpha value is -3.97. The number of hydrogen-bond donors (Lipinski definition) is 0. The fourth-order valence-corrected chi connectivity index (χ4v) is 3.75. The van der Waals surface area contributed by atoms with Gasteiger partial charge in [-0.3, -0.25) is 4.98 Å². The van der Waals surface area contributed by atoms with E-state index in [0.29, 0.717) is 5.56 Å². The normalized spacial score (nSPS) is 11.0. The van der Waals surface area contributed by atoms with Crippen LogP contribution in [0.3, 0.4) is 0 Å². The zero-order valence-corrected chi connectivity index (χ0v) is 15.3. The van der Waals surface area contributed by atoms with Crippen LogP contribution >= 0.6 is 0 Å². The summed E-state index contributed by atoms with van der Waals surface area (Å²) in [5.74, 6) is 0. The van der Waals surface area contributed by atoms with Crippen molar-refractivity contribution in [3.05, 3.63) is 90.3 Å². The predicted octanol–water partition coefficient (Wildman–Crippen LogP) is 5.42. The van der Waals surface area contributed by atoms with Gasteiger partial charge in [0, 0.05) is 22.5 Å². The first kappa shape index (κ1) is 16.2. The first-order valence-corrected chi connectivity index (χ1v) is 9.09. The molecule has 0 spiro atoms. The maximum absolute atomic E-state index is 9.49. The molecule has 4 heteroatoms. The number of rotatable bonds is 2. The van der Waals surface area contributed by atoms with Crippen molar-refractivity contribution in [2.24, 2.45) is 0 Å². The lowest BCUT2D eigenvalue weighted by Gasteiger charge is -2.08. The lowest BCUT2D eigenvalue weighted by atomic mass is 10.0. The number of aryl methyl sites for hydroxylation is 1. The van der Waals surface area contributed by atoms with Crippen molar-refractivity contribution in [2.45, 2.75) is 6.92 Å². The van der Waals surface area contributed by atoms with Gasteiger partial charge in [-0.2, -0.15) is 10.4 Å². The molecule has 0 saturated heterocycles. The van der Waals surface area contributed by atoms with Gasteiger partial charge in [0.05, 0.1) is 28.0 Å². The van der Waals surface area contributed by atoms with E-state index in [0.717, 1.165) is 44.3 Å². The SMILES string of the molecule is Cc1nn(-c2ccccc2C#N)c2cccc(-c3cnc4ccccc4c3)c12. The molecule has 0 fully saturated rings. The van der Waals surface area contributed by atoms with E-state index in [9.17, 15) is 5.26 Å². The molecule has 4 nitrogen and oxygen atoms in total. The van der Waals surface area contributed by atoms with Gasteiger partial charge in [0.25, 0.3) is 0 Å². The first-order valence-electron chi connectivity index (χ1n) is 9.09. The number of fused-ring (bicyclic) bond motifs is 2. The van der Waals surface area contributed by atoms with Crippen molar-refractivity contribution in [3.8, 4) is 22.9 Å². The van der Waals surface area contributed by atoms with Gasteiger partial charge in [-0.25, -0.2) is 4.68 Å². The molecular formula is C24H16N4. The molecule has 0 aliphatic carbocycles. The third-order valence-electron chi connectivity index (χ3n) is 5.04. The number of benzene rings is 3. The maximum Gasteiger partial charge on any atom is 0.101 e. The van der Waals surface area contributed by atoms with Crippen LogP contribution in [0.2, 0.25) is 0 Å². The van der Waals surface area contributed by atoms with Crippen LogP contribution < -0.4 is 0 Å². The molecule has 0 amide bonds. The van der Waals surface area contributed by atoms with Crippen LogP contribution in [-0.2, 0) is 0 Å². The molecule has 132 valence electrons. The van der Waals surface area contributed by atoms with Crippen molar-refractivity contribution in [1.29, 1.82) is 5.26 Å². The number of hydrogen-bond acceptors (Lipinski definition) is 3. The van der Waals surface area contributed by atoms with Crippen LogP contribution in [0.4, 0.5) is 0 Å². The summed E-state index contributed by atoms with van der Waals surface area (Å²) in [6.07, 6.45) is 1.91. The van der Waals surface area contributed by atoms with Crippen molar-refractivity contribution in [1.82, 2.24) is 14.8 Å². The van der Waals surface area contributed by atoms with Gasteiger partial charge < -0.3 is 0 Å². The summed E-state index contributed by atoms with van der Waals surface area (Å²) in [7, 11) is 0. The highest BCUT2D eigenvalue weighted by atomic mass is 15.3. The van der Waals surface area contributed by atoms with Crippen LogP contribution in [0.25, 0.3) is 38.6 Å². The van der Waals surface area contributed by atoms with E-state index < -0.39 is 0 Å². The summed E-state index contributed by atoms with van der Waals surface area (Å²) >= 11 is 0. The highest BCUT2D eigenvalue weighted by Gasteiger charge is 2.16. The fourth-order valence-electron chi connectivity index (χ4n) is 3.75. The van der Waals surface area contributed by atoms with Gasteiger partial charge >= 0.3 is 0 Å². The molecule has 28 heavy (non-hydrogen) atoms. The van der Waals surface area contributed by atoms with Gasteiger partial charge in [0.1, 0.15) is 6.07 Å². The summed E-state index contributed by atoms with van der Waals surface area (Å²) in [6, 6.07) is 26.2. The summed E-state index contributed by atoms with van der Waals surface area (Å²) in [4.78, 5) is 4.62. The average Bonchev–Trinajstić information content (AvgIpc) is 3.10. The topological polar surface area (TPSA) is 54.5 Å². The molecule has 0 N–H and O–H groups in total. The van der Waals surface area contributed by atoms with Crippen LogP contribution in [0, 0.1) is 18.3 Å². The highest BCUT2D eigenvalue weighted by Crippen LogP contribution is 2.33. The molecule has 0 saturated carbocycles. The Morgan fingerprint density at radius 3 is 2.64 bits per heavy atom. The number of nitriles is 1. The van der Waals surface area contributed by atoms with E-state index >= 15 is 0 Å². The van der Waals surface area contributed by atoms with Gasteiger partial charge in [0.15, 0.2) is 0 Å². The summed E-state index contributed by atoms with van der Waals surface area (Å²) in [5, 5.41) is 16.4. The molecule has 2 aromatic heterocycles. The zero-order chi connectivity index (χ0) is 19.1. The molecule has 0 unspecified atom stereocenters. The number of pyridine rings is 1. The van der Waals surface area contributed by atoms with Crippen LogP contribution in [0.15, 0.2) is 79.0 Å². The maximum atomic E-state index is 9.49. The van der Waals surface area contributed by atoms with Gasteiger partial charge in [-0.1, -0.05) is 42.5 Å². The van der Waals surface area contributed by atoms with Crippen molar-refractivity contribution < 1.29 is 0 Å². The monoisotopic (exact) mass is 360 g/mol. The molecule has 0 aliphatic heterocycles. The van der Waals surface area contributed by atoms with Crippen molar-refractivity contribution in [3.63, 3.8) is 0 Å². The number of aromatic nitrogens is 3. The van der Waals surface area contributed by atoms with E-state index in [2.05, 4.69) is 29.3 Å². The Bertz CT molecular complexity index is 1390. The third-order valence-corrected chi connectivity index (χ3v) is 5.04. The van der Waals surface area contributed by atoms with Gasteiger partial charge in [0.2, 0.25) is 0 Å². The molecule has 3 aromatic carbocycles. The molecule has 5 aromatic rings. The Labute approximate surface area is 162 Å². The molecule has 0 bridgehead atoms. The lowest BCUT2D eigenvalue weighted by molar-refractivity contribution is 0.886. The quantitative estimate of drug-likeness (QED) is 0.422. The van der Waals surface area contributed by atoms with E-state index in [1.165, 1.54) is 0 Å². The summed E-state index contributed by atoms with van der Waals surface area (Å²) in [6.45, 7) is 2.01. The van der Waals surface area contributed by atoms with E-state index in [-0.39, 0.29) is 0 Å². The fraction of sp³-hybridized carbons (Fsp3) is 0.0417. The minimum atomic E-state index is 0.602. The Kier molecular flexibility index (Phi) is 3.67. The van der Waals surface area contributed by atoms with Gasteiger partial charge in [-0.15, -0.1) is 0 Å². The second kappa shape index (κ2) is 6.33. The van der Waals surface area contributed by atoms with Crippen molar-refractivity contribution in [2.75, 3.05) is 0 Å². The molecule has 5 rings (SSSR count). The van der Waals surface area contributed by atoms with Crippen LogP contribution in [0.5, 0.6) is 0 Å². The Morgan fingerprint density at radius 1 is 0.929 bits per heavy atom. The molecule has 2 heterocycles. The molecule has 0 aliphatic rings. The second-order valence-corrected chi connectivity index (χ2v) is 6.74. The van der Waals surface area contributed by atoms with E-state index in [4.69, 9.17) is 5.10 Å². The standard InChI is InChI=1S/C24H16N4/c1-16-24-20(19-13-17-7-2-4-10-21(17)26-15-19)9-6-12-23(24)28(27-16)22-11-5-3-8-18(22)14-25/h2-13,15H,1H3. The molecule has 0 radical (unpaired) electrons. The number of nitrogens with zero attached hydrogens (tertiary/aromatic N) is 4. The summed E-state index contributed by atoms with van der Waals surface area (Å²) in [5.41, 5.74) is 6.42. The van der Waals surface area contributed by atoms with Crippen LogP contribution in [0.1, 0.15) is 11.3 Å². The van der Waals surface area contributed by atoms with Gasteiger partial charge in [-0.05, 0) is 42.8 Å². The zero-order valence-electron chi connectivity index (χ0n) is 15.3. The molecular weight excluding hydrogens is 344 g/mol. The largest absolute Gasteiger partial charge is 0.256 e. The van der Waals surface area contributed by atoms with Crippen molar-refractivity contribution >= 4 is 21.8 Å². The average molecular weight is 360 g/mol. The Balaban J connectivity index is 1.78. The lowest BCUT2D eigenvalue weighted by Crippen LogP contribution is -1.99. The second-order valence-electron chi connectivity index (χ2n) is 6.74. The van der Waals surface area contributed by atoms with E-state index in [1.54, 1.807) is 0 Å². The third kappa shape index (κ3) is 2.45. The first-order chi connectivity index (χ1) is 13.8. The Morgan fingerprint density at radius 2 is 1.75 bits per heavy atom. The number of para-hydroxylation sites is 2. The molecule has 0 atom stereocenters. The predicted molar refractivity (Wildman–Crippen MR) is 111 cm³/mol.